The molecule has 5 aromatic carbocycles. The second-order valence-corrected chi connectivity index (χ2v) is 12.9. The highest BCUT2D eigenvalue weighted by molar-refractivity contribution is 7.87. The van der Waals surface area contributed by atoms with Gasteiger partial charge in [-0.3, -0.25) is 0 Å². The molecule has 6 aromatic rings. The number of ether oxygens (including phenoxy) is 1. The lowest BCUT2D eigenvalue weighted by Gasteiger charge is -2.27. The number of aryl methyl sites for hydroxylation is 1. The zero-order chi connectivity index (χ0) is 28.2. The lowest BCUT2D eigenvalue weighted by Crippen LogP contribution is -2.26. The Labute approximate surface area is 240 Å². The van der Waals surface area contributed by atoms with Crippen molar-refractivity contribution in [3.8, 4) is 0 Å². The van der Waals surface area contributed by atoms with Gasteiger partial charge >= 0.3 is 5.97 Å². The van der Waals surface area contributed by atoms with Crippen LogP contribution in [0.15, 0.2) is 144 Å². The van der Waals surface area contributed by atoms with E-state index in [4.69, 9.17) is 9.48 Å². The summed E-state index contributed by atoms with van der Waals surface area (Å²) in [6.45, 7) is 2.09. The Morgan fingerprint density at radius 2 is 1.22 bits per heavy atom. The first-order chi connectivity index (χ1) is 20.1. The molecule has 0 unspecified atom stereocenters. The minimum absolute atomic E-state index is 0.265. The molecule has 0 saturated carbocycles. The maximum Gasteiger partial charge on any atom is 0.356 e. The van der Waals surface area contributed by atoms with Crippen molar-refractivity contribution in [1.29, 1.82) is 0 Å². The lowest BCUT2D eigenvalue weighted by molar-refractivity contribution is -0.138. The molecular formula is C36H31N2O2P. The van der Waals surface area contributed by atoms with Crippen LogP contribution in [0.2, 0.25) is 0 Å². The predicted octanol–water partition coefficient (Wildman–Crippen LogP) is 7.41. The molecule has 6 rings (SSSR count). The second kappa shape index (κ2) is 11.4. The van der Waals surface area contributed by atoms with E-state index in [9.17, 15) is 4.79 Å². The molecule has 0 spiro atoms. The molecule has 1 aromatic heterocycles. The molecule has 0 aliphatic heterocycles. The third-order valence-electron chi connectivity index (χ3n) is 7.37. The first-order valence-corrected chi connectivity index (χ1v) is 15.5. The average molecular weight is 555 g/mol. The number of nitrogens with zero attached hydrogens (tertiary/aromatic N) is 2. The molecule has 0 atom stereocenters. The van der Waals surface area contributed by atoms with Crippen LogP contribution in [-0.4, -0.2) is 17.1 Å². The SMILES string of the molecule is CCOC(=O)/C(=C/c1ccc2c3ccccc3n(C)c2c1)N=P(c1ccccc1)(c1ccccc1)c1ccccc1. The zero-order valence-electron chi connectivity index (χ0n) is 23.1. The van der Waals surface area contributed by atoms with Crippen LogP contribution in [0.3, 0.4) is 0 Å². The van der Waals surface area contributed by atoms with E-state index in [1.165, 1.54) is 16.3 Å². The van der Waals surface area contributed by atoms with Gasteiger partial charge in [0, 0.05) is 44.8 Å². The first kappa shape index (κ1) is 26.6. The van der Waals surface area contributed by atoms with Crippen LogP contribution in [0.4, 0.5) is 0 Å². The van der Waals surface area contributed by atoms with Gasteiger partial charge in [-0.1, -0.05) is 121 Å². The van der Waals surface area contributed by atoms with E-state index in [0.29, 0.717) is 5.70 Å². The summed E-state index contributed by atoms with van der Waals surface area (Å²) in [5.74, 6) is -0.434. The van der Waals surface area contributed by atoms with Gasteiger partial charge in [0.25, 0.3) is 0 Å². The van der Waals surface area contributed by atoms with E-state index < -0.39 is 13.0 Å². The van der Waals surface area contributed by atoms with Crippen molar-refractivity contribution in [3.05, 3.63) is 145 Å². The second-order valence-electron chi connectivity index (χ2n) is 9.84. The largest absolute Gasteiger partial charge is 0.461 e. The van der Waals surface area contributed by atoms with Crippen LogP contribution in [0.5, 0.6) is 0 Å². The Morgan fingerprint density at radius 3 is 1.78 bits per heavy atom. The van der Waals surface area contributed by atoms with Crippen molar-refractivity contribution in [2.24, 2.45) is 11.8 Å². The summed E-state index contributed by atoms with van der Waals surface area (Å²) in [5, 5.41) is 5.58. The highest BCUT2D eigenvalue weighted by atomic mass is 31.2. The maximum atomic E-state index is 13.6. The van der Waals surface area contributed by atoms with Gasteiger partial charge in [-0.2, -0.15) is 0 Å². The van der Waals surface area contributed by atoms with E-state index >= 15 is 0 Å². The van der Waals surface area contributed by atoms with Crippen molar-refractivity contribution in [3.63, 3.8) is 0 Å². The summed E-state index contributed by atoms with van der Waals surface area (Å²) in [6.07, 6.45) is 1.87. The van der Waals surface area contributed by atoms with Crippen LogP contribution >= 0.6 is 7.05 Å². The third kappa shape index (κ3) is 4.92. The number of carbonyl (C=O) groups excluding carboxylic acids is 1. The summed E-state index contributed by atoms with van der Waals surface area (Å²) < 4.78 is 13.3. The molecule has 4 nitrogen and oxygen atoms in total. The van der Waals surface area contributed by atoms with Gasteiger partial charge in [0.2, 0.25) is 0 Å². The number of carbonyl (C=O) groups is 1. The summed E-state index contributed by atoms with van der Waals surface area (Å²) in [5.41, 5.74) is 3.46. The Morgan fingerprint density at radius 1 is 0.707 bits per heavy atom. The molecule has 0 bridgehead atoms. The third-order valence-corrected chi connectivity index (χ3v) is 11.0. The van der Waals surface area contributed by atoms with Gasteiger partial charge in [0.15, 0.2) is 0 Å². The van der Waals surface area contributed by atoms with Gasteiger partial charge in [0.05, 0.1) is 13.7 Å². The number of aromatic nitrogens is 1. The standard InChI is InChI=1S/C36H31N2O2P/c1-3-40-36(39)33(25-27-23-24-32-31-21-13-14-22-34(31)38(2)35(32)26-27)37-41(28-15-7-4-8-16-28,29-17-9-5-10-18-29)30-19-11-6-12-20-30/h4-26H,3H2,1-2H3/b33-25-. The molecule has 41 heavy (non-hydrogen) atoms. The number of benzene rings is 5. The minimum Gasteiger partial charge on any atom is -0.461 e. The topological polar surface area (TPSA) is 43.6 Å². The fourth-order valence-electron chi connectivity index (χ4n) is 5.47. The molecule has 0 aliphatic carbocycles. The van der Waals surface area contributed by atoms with Crippen molar-refractivity contribution in [2.45, 2.75) is 6.92 Å². The van der Waals surface area contributed by atoms with Crippen LogP contribution < -0.4 is 15.9 Å². The number of para-hydroxylation sites is 1. The first-order valence-electron chi connectivity index (χ1n) is 13.8. The van der Waals surface area contributed by atoms with E-state index in [0.717, 1.165) is 27.0 Å². The number of fused-ring (bicyclic) bond motifs is 3. The van der Waals surface area contributed by atoms with Crippen molar-refractivity contribution < 1.29 is 9.53 Å². The lowest BCUT2D eigenvalue weighted by atomic mass is 10.1. The van der Waals surface area contributed by atoms with E-state index in [1.807, 2.05) is 67.6 Å². The minimum atomic E-state index is -2.65. The summed E-state index contributed by atoms with van der Waals surface area (Å²) in [7, 11) is -0.579. The Bertz CT molecular complexity index is 1820. The summed E-state index contributed by atoms with van der Waals surface area (Å²) in [6, 6.07) is 45.6. The molecule has 0 amide bonds. The van der Waals surface area contributed by atoms with E-state index in [1.54, 1.807) is 0 Å². The van der Waals surface area contributed by atoms with Crippen molar-refractivity contribution in [1.82, 2.24) is 4.57 Å². The van der Waals surface area contributed by atoms with Gasteiger partial charge in [-0.15, -0.1) is 0 Å². The Balaban J connectivity index is 1.66. The quantitative estimate of drug-likeness (QED) is 0.117. The molecule has 0 N–H and O–H groups in total. The smallest absolute Gasteiger partial charge is 0.356 e. The van der Waals surface area contributed by atoms with Crippen LogP contribution in [0.1, 0.15) is 12.5 Å². The van der Waals surface area contributed by atoms with Crippen LogP contribution in [0.25, 0.3) is 27.9 Å². The molecule has 0 aliphatic rings. The molecule has 5 heteroatoms. The number of rotatable bonds is 7. The molecular weight excluding hydrogens is 523 g/mol. The van der Waals surface area contributed by atoms with Crippen molar-refractivity contribution >= 4 is 56.8 Å². The van der Waals surface area contributed by atoms with E-state index in [2.05, 4.69) is 90.5 Å². The number of esters is 1. The average Bonchev–Trinajstić information content (AvgIpc) is 3.31. The monoisotopic (exact) mass is 554 g/mol. The fraction of sp³-hybridized carbons (Fsp3) is 0.0833. The Kier molecular flexibility index (Phi) is 7.41. The molecule has 0 radical (unpaired) electrons. The highest BCUT2D eigenvalue weighted by Gasteiger charge is 2.29. The number of hydrogen-bond donors (Lipinski definition) is 0. The van der Waals surface area contributed by atoms with Crippen LogP contribution in [-0.2, 0) is 16.6 Å². The van der Waals surface area contributed by atoms with Gasteiger partial charge < -0.3 is 9.30 Å². The van der Waals surface area contributed by atoms with Gasteiger partial charge in [-0.25, -0.2) is 9.54 Å². The van der Waals surface area contributed by atoms with E-state index in [-0.39, 0.29) is 6.61 Å². The summed E-state index contributed by atoms with van der Waals surface area (Å²) >= 11 is 0. The highest BCUT2D eigenvalue weighted by Crippen LogP contribution is 2.48. The molecule has 202 valence electrons. The maximum absolute atomic E-state index is 13.6. The number of hydrogen-bond acceptors (Lipinski definition) is 3. The van der Waals surface area contributed by atoms with Crippen LogP contribution in [0, 0.1) is 0 Å². The predicted molar refractivity (Wildman–Crippen MR) is 173 cm³/mol. The van der Waals surface area contributed by atoms with Gasteiger partial charge in [-0.05, 0) is 30.7 Å². The van der Waals surface area contributed by atoms with Crippen molar-refractivity contribution in [2.75, 3.05) is 6.61 Å². The van der Waals surface area contributed by atoms with Gasteiger partial charge in [0.1, 0.15) is 5.70 Å². The molecule has 0 fully saturated rings. The molecule has 1 heterocycles. The Hall–Kier alpha value is -4.66. The fourth-order valence-corrected chi connectivity index (χ4v) is 8.99. The molecule has 0 saturated heterocycles. The normalized spacial score (nSPS) is 12.0. The summed E-state index contributed by atoms with van der Waals surface area (Å²) in [4.78, 5) is 13.6. The zero-order valence-corrected chi connectivity index (χ0v) is 24.0.